The van der Waals surface area contributed by atoms with Crippen molar-refractivity contribution in [1.82, 2.24) is 28.7 Å². The molecule has 13 aromatic rings. The largest absolute Gasteiger partial charge is 0.313 e. The molecular weight excluding hydrogens is 841 g/mol. The van der Waals surface area contributed by atoms with Gasteiger partial charge in [-0.1, -0.05) is 176 Å². The average Bonchev–Trinajstić information content (AvgIpc) is 4.07. The molecule has 0 aliphatic heterocycles. The summed E-state index contributed by atoms with van der Waals surface area (Å²) in [6, 6.07) is 78.1. The minimum absolute atomic E-state index is 0.585. The normalized spacial score (nSPS) is 12.5. The number of allylic oxidation sites excluding steroid dienone is 1. The molecule has 0 fully saturated rings. The number of hydrogen-bond acceptors (Lipinski definition) is 3. The van der Waals surface area contributed by atoms with E-state index in [9.17, 15) is 0 Å². The van der Waals surface area contributed by atoms with E-state index in [1.54, 1.807) is 0 Å². The topological polar surface area (TPSA) is 53.5 Å². The van der Waals surface area contributed by atoms with Crippen molar-refractivity contribution in [2.45, 2.75) is 12.8 Å². The van der Waals surface area contributed by atoms with E-state index in [0.717, 1.165) is 79.8 Å². The maximum atomic E-state index is 5.51. The predicted molar refractivity (Wildman–Crippen MR) is 284 cm³/mol. The zero-order valence-corrected chi connectivity index (χ0v) is 37.5. The first-order valence-corrected chi connectivity index (χ1v) is 23.7. The molecule has 1 aliphatic carbocycles. The lowest BCUT2D eigenvalue weighted by atomic mass is 9.97. The summed E-state index contributed by atoms with van der Waals surface area (Å²) in [5.41, 5.74) is 16.3. The maximum absolute atomic E-state index is 5.51. The lowest BCUT2D eigenvalue weighted by Crippen LogP contribution is -2.07. The summed E-state index contributed by atoms with van der Waals surface area (Å²) < 4.78 is 7.31. The van der Waals surface area contributed by atoms with Crippen LogP contribution in [0.2, 0.25) is 0 Å². The van der Waals surface area contributed by atoms with E-state index in [2.05, 4.69) is 226 Å². The van der Waals surface area contributed by atoms with Gasteiger partial charge in [-0.15, -0.1) is 0 Å². The summed E-state index contributed by atoms with van der Waals surface area (Å²) in [6.45, 7) is 0. The van der Waals surface area contributed by atoms with Gasteiger partial charge in [0.05, 0.1) is 39.0 Å². The van der Waals surface area contributed by atoms with Crippen LogP contribution in [0.25, 0.3) is 123 Å². The highest BCUT2D eigenvalue weighted by atomic mass is 15.1. The molecule has 0 atom stereocenters. The second kappa shape index (κ2) is 15.8. The number of aromatic nitrogens is 6. The first-order valence-electron chi connectivity index (χ1n) is 23.7. The molecule has 0 unspecified atom stereocenters. The lowest BCUT2D eigenvalue weighted by Gasteiger charge is -2.22. The molecule has 1 aliphatic rings. The van der Waals surface area contributed by atoms with Gasteiger partial charge in [-0.05, 0) is 73.0 Å². The Morgan fingerprint density at radius 1 is 0.333 bits per heavy atom. The van der Waals surface area contributed by atoms with Crippen molar-refractivity contribution in [2.75, 3.05) is 0 Å². The van der Waals surface area contributed by atoms with E-state index in [1.807, 2.05) is 18.2 Å². The predicted octanol–water partition coefficient (Wildman–Crippen LogP) is 15.6. The maximum Gasteiger partial charge on any atom is 0.164 e. The Morgan fingerprint density at radius 3 is 1.29 bits per heavy atom. The fourth-order valence-corrected chi connectivity index (χ4v) is 11.0. The van der Waals surface area contributed by atoms with Crippen LogP contribution in [0.1, 0.15) is 17.7 Å². The highest BCUT2D eigenvalue weighted by Gasteiger charge is 2.25. The minimum Gasteiger partial charge on any atom is -0.313 e. The third kappa shape index (κ3) is 6.23. The van der Waals surface area contributed by atoms with Crippen LogP contribution in [0.15, 0.2) is 224 Å². The first-order chi connectivity index (χ1) is 34.2. The van der Waals surface area contributed by atoms with E-state index in [4.69, 9.17) is 15.0 Å². The Morgan fingerprint density at radius 2 is 0.754 bits per heavy atom. The van der Waals surface area contributed by atoms with Crippen molar-refractivity contribution in [3.8, 4) is 62.4 Å². The molecule has 0 amide bonds. The first kappa shape index (κ1) is 39.1. The molecule has 0 saturated heterocycles. The summed E-state index contributed by atoms with van der Waals surface area (Å²) in [6.07, 6.45) is 6.56. The number of para-hydroxylation sites is 5. The number of benzene rings is 9. The molecule has 9 aromatic carbocycles. The number of rotatable bonds is 7. The summed E-state index contributed by atoms with van der Waals surface area (Å²) in [4.78, 5) is 16.2. The van der Waals surface area contributed by atoms with Crippen LogP contribution < -0.4 is 0 Å². The van der Waals surface area contributed by atoms with Crippen molar-refractivity contribution in [3.63, 3.8) is 0 Å². The van der Waals surface area contributed by atoms with Gasteiger partial charge in [0.15, 0.2) is 17.5 Å². The van der Waals surface area contributed by atoms with Crippen LogP contribution >= 0.6 is 0 Å². The summed E-state index contributed by atoms with van der Waals surface area (Å²) >= 11 is 0. The van der Waals surface area contributed by atoms with Crippen LogP contribution in [-0.2, 0) is 6.42 Å². The quantitative estimate of drug-likeness (QED) is 0.160. The number of fused-ring (bicyclic) bond motifs is 9. The molecule has 0 spiro atoms. The lowest BCUT2D eigenvalue weighted by molar-refractivity contribution is 0.888. The van der Waals surface area contributed by atoms with Crippen molar-refractivity contribution >= 4 is 60.6 Å². The monoisotopic (exact) mass is 882 g/mol. The van der Waals surface area contributed by atoms with E-state index >= 15 is 0 Å². The molecule has 324 valence electrons. The van der Waals surface area contributed by atoms with E-state index in [0.29, 0.717) is 17.5 Å². The van der Waals surface area contributed by atoms with Gasteiger partial charge in [-0.3, -0.25) is 0 Å². The van der Waals surface area contributed by atoms with Gasteiger partial charge >= 0.3 is 0 Å². The average molecular weight is 883 g/mol. The van der Waals surface area contributed by atoms with Crippen LogP contribution in [0.5, 0.6) is 0 Å². The zero-order valence-electron chi connectivity index (χ0n) is 37.5. The summed E-state index contributed by atoms with van der Waals surface area (Å²) in [5.74, 6) is 1.80. The standard InChI is InChI=1S/C63H42N6/c1-3-20-41(21-4-1)60-58(68-54-34-15-9-28-48(54)49-29-10-16-35-55(49)68)39-44(40-59(60)69-56-36-17-11-30-50(56)51-31-12-18-37-57(51)69)63-65-61(42-22-5-2-6-23-42)64-62(66-63)43-24-19-25-45(38-43)67-52-32-13-7-26-46(52)47-27-8-14-33-53(47)67/h1-13,15-32,34-40H,14,33H2. The molecule has 6 heteroatoms. The fourth-order valence-electron chi connectivity index (χ4n) is 11.0. The van der Waals surface area contributed by atoms with Gasteiger partial charge in [-0.25, -0.2) is 15.0 Å². The Labute approximate surface area is 398 Å². The van der Waals surface area contributed by atoms with Gasteiger partial charge in [0.2, 0.25) is 0 Å². The molecule has 4 aromatic heterocycles. The Balaban J connectivity index is 1.09. The van der Waals surface area contributed by atoms with E-state index < -0.39 is 0 Å². The van der Waals surface area contributed by atoms with Crippen LogP contribution in [0, 0.1) is 0 Å². The van der Waals surface area contributed by atoms with Crippen molar-refractivity contribution in [2.24, 2.45) is 0 Å². The molecular formula is C63H42N6. The van der Waals surface area contributed by atoms with Gasteiger partial charge in [0, 0.05) is 66.1 Å². The Hall–Kier alpha value is -9.13. The Kier molecular flexibility index (Phi) is 8.92. The number of nitrogens with zero attached hydrogens (tertiary/aromatic N) is 6. The zero-order chi connectivity index (χ0) is 45.4. The molecule has 6 nitrogen and oxygen atoms in total. The third-order valence-electron chi connectivity index (χ3n) is 13.9. The molecule has 0 N–H and O–H groups in total. The smallest absolute Gasteiger partial charge is 0.164 e. The highest BCUT2D eigenvalue weighted by Crippen LogP contribution is 2.44. The molecule has 0 saturated carbocycles. The third-order valence-corrected chi connectivity index (χ3v) is 13.9. The minimum atomic E-state index is 0.585. The van der Waals surface area contributed by atoms with Crippen molar-refractivity contribution in [3.05, 3.63) is 236 Å². The summed E-state index contributed by atoms with van der Waals surface area (Å²) in [7, 11) is 0. The molecule has 69 heavy (non-hydrogen) atoms. The Bertz CT molecular complexity index is 3950. The van der Waals surface area contributed by atoms with Gasteiger partial charge < -0.3 is 13.7 Å². The van der Waals surface area contributed by atoms with Crippen molar-refractivity contribution < 1.29 is 0 Å². The highest BCUT2D eigenvalue weighted by molar-refractivity contribution is 6.12. The SMILES string of the molecule is C1=Cc2c(n(-c3cccc(-c4nc(-c5ccccc5)nc(-c5cc(-n6c7ccccc7c7ccccc76)c(-c6ccccc6)c(-n6c7ccccc7c7ccccc76)c5)n4)c3)c3ccccc23)CC1. The van der Waals surface area contributed by atoms with Crippen LogP contribution in [0.4, 0.5) is 0 Å². The molecule has 4 heterocycles. The van der Waals surface area contributed by atoms with Crippen LogP contribution in [0.3, 0.4) is 0 Å². The van der Waals surface area contributed by atoms with Gasteiger partial charge in [0.1, 0.15) is 0 Å². The second-order valence-corrected chi connectivity index (χ2v) is 17.9. The van der Waals surface area contributed by atoms with Gasteiger partial charge in [-0.2, -0.15) is 0 Å². The number of hydrogen-bond donors (Lipinski definition) is 0. The van der Waals surface area contributed by atoms with Crippen LogP contribution in [-0.4, -0.2) is 28.7 Å². The molecule has 0 bridgehead atoms. The summed E-state index contributed by atoms with van der Waals surface area (Å²) in [5, 5.41) is 6.03. The molecule has 0 radical (unpaired) electrons. The second-order valence-electron chi connectivity index (χ2n) is 17.9. The van der Waals surface area contributed by atoms with Crippen molar-refractivity contribution in [1.29, 1.82) is 0 Å². The van der Waals surface area contributed by atoms with E-state index in [-0.39, 0.29) is 0 Å². The molecule has 14 rings (SSSR count). The fraction of sp³-hybridized carbons (Fsp3) is 0.0317. The van der Waals surface area contributed by atoms with E-state index in [1.165, 1.54) is 43.7 Å². The van der Waals surface area contributed by atoms with Gasteiger partial charge in [0.25, 0.3) is 0 Å².